The highest BCUT2D eigenvalue weighted by Crippen LogP contribution is 2.23. The summed E-state index contributed by atoms with van der Waals surface area (Å²) in [5, 5.41) is 6.63. The second-order valence-corrected chi connectivity index (χ2v) is 6.37. The average Bonchev–Trinajstić information content (AvgIpc) is 2.34. The van der Waals surface area contributed by atoms with Crippen molar-refractivity contribution in [2.75, 3.05) is 17.7 Å². The third-order valence-corrected chi connectivity index (χ3v) is 3.23. The van der Waals surface area contributed by atoms with Gasteiger partial charge in [-0.3, -0.25) is 0 Å². The number of nitrogens with zero attached hydrogens (tertiary/aromatic N) is 2. The summed E-state index contributed by atoms with van der Waals surface area (Å²) in [5.74, 6) is 3.21. The molecule has 0 bridgehead atoms. The maximum atomic E-state index is 4.66. The first kappa shape index (κ1) is 15.7. The largest absolute Gasteiger partial charge is 0.373 e. The van der Waals surface area contributed by atoms with Crippen LogP contribution in [0.5, 0.6) is 0 Å². The molecule has 1 unspecified atom stereocenters. The Morgan fingerprint density at radius 2 is 1.74 bits per heavy atom. The molecule has 0 saturated carbocycles. The van der Waals surface area contributed by atoms with Gasteiger partial charge in [0.25, 0.3) is 0 Å². The van der Waals surface area contributed by atoms with Crippen molar-refractivity contribution < 1.29 is 0 Å². The summed E-state index contributed by atoms with van der Waals surface area (Å²) in [4.78, 5) is 9.20. The van der Waals surface area contributed by atoms with Gasteiger partial charge in [0.2, 0.25) is 0 Å². The van der Waals surface area contributed by atoms with Crippen LogP contribution in [0, 0.1) is 5.92 Å². The molecule has 1 heterocycles. The maximum absolute atomic E-state index is 4.66. The standard InChI is InChI=1S/C15H28N4/c1-8-11(10(2)3)17-13-9-12(16-7)18-14(19-13)15(4,5)6/h9-11H,8H2,1-7H3,(H2,16,17,18,19). The molecule has 0 amide bonds. The molecule has 0 spiro atoms. The van der Waals surface area contributed by atoms with Crippen LogP contribution in [-0.4, -0.2) is 23.1 Å². The zero-order valence-corrected chi connectivity index (χ0v) is 13.3. The summed E-state index contributed by atoms with van der Waals surface area (Å²) < 4.78 is 0. The van der Waals surface area contributed by atoms with Crippen LogP contribution < -0.4 is 10.6 Å². The van der Waals surface area contributed by atoms with E-state index in [-0.39, 0.29) is 5.41 Å². The smallest absolute Gasteiger partial charge is 0.138 e. The lowest BCUT2D eigenvalue weighted by atomic mass is 9.95. The molecule has 1 aromatic rings. The van der Waals surface area contributed by atoms with Crippen LogP contribution in [0.4, 0.5) is 11.6 Å². The van der Waals surface area contributed by atoms with E-state index in [9.17, 15) is 0 Å². The summed E-state index contributed by atoms with van der Waals surface area (Å²) in [5.41, 5.74) is -0.0527. The van der Waals surface area contributed by atoms with Crippen molar-refractivity contribution >= 4 is 11.6 Å². The number of rotatable bonds is 5. The lowest BCUT2D eigenvalue weighted by molar-refractivity contribution is 0.506. The summed E-state index contributed by atoms with van der Waals surface area (Å²) in [6, 6.07) is 2.41. The fourth-order valence-electron chi connectivity index (χ4n) is 1.91. The van der Waals surface area contributed by atoms with Gasteiger partial charge in [-0.2, -0.15) is 0 Å². The van der Waals surface area contributed by atoms with Crippen LogP contribution in [-0.2, 0) is 5.41 Å². The van der Waals surface area contributed by atoms with Gasteiger partial charge < -0.3 is 10.6 Å². The predicted octanol–water partition coefficient (Wildman–Crippen LogP) is 3.66. The minimum atomic E-state index is -0.0527. The van der Waals surface area contributed by atoms with E-state index in [1.807, 2.05) is 13.1 Å². The molecule has 0 aliphatic carbocycles. The molecular formula is C15H28N4. The van der Waals surface area contributed by atoms with Gasteiger partial charge in [-0.1, -0.05) is 41.5 Å². The van der Waals surface area contributed by atoms with E-state index >= 15 is 0 Å². The Morgan fingerprint density at radius 3 is 2.16 bits per heavy atom. The number of nitrogens with one attached hydrogen (secondary N) is 2. The van der Waals surface area contributed by atoms with E-state index in [4.69, 9.17) is 0 Å². The van der Waals surface area contributed by atoms with Crippen molar-refractivity contribution in [2.24, 2.45) is 5.92 Å². The van der Waals surface area contributed by atoms with Gasteiger partial charge in [-0.05, 0) is 12.3 Å². The molecule has 19 heavy (non-hydrogen) atoms. The summed E-state index contributed by atoms with van der Waals surface area (Å²) in [7, 11) is 1.89. The van der Waals surface area contributed by atoms with Crippen LogP contribution in [0.15, 0.2) is 6.07 Å². The quantitative estimate of drug-likeness (QED) is 0.852. The Balaban J connectivity index is 3.07. The van der Waals surface area contributed by atoms with Crippen molar-refractivity contribution in [2.45, 2.75) is 59.4 Å². The maximum Gasteiger partial charge on any atom is 0.138 e. The molecular weight excluding hydrogens is 236 g/mol. The van der Waals surface area contributed by atoms with Gasteiger partial charge in [-0.25, -0.2) is 9.97 Å². The molecule has 4 heteroatoms. The van der Waals surface area contributed by atoms with Crippen molar-refractivity contribution in [1.29, 1.82) is 0 Å². The Labute approximate surface area is 117 Å². The summed E-state index contributed by atoms with van der Waals surface area (Å²) in [6.07, 6.45) is 1.08. The number of hydrogen-bond donors (Lipinski definition) is 2. The average molecular weight is 264 g/mol. The molecule has 0 fully saturated rings. The third-order valence-electron chi connectivity index (χ3n) is 3.23. The molecule has 1 rings (SSSR count). The van der Waals surface area contributed by atoms with Gasteiger partial charge in [0.15, 0.2) is 0 Å². The minimum absolute atomic E-state index is 0.0527. The van der Waals surface area contributed by atoms with E-state index in [0.29, 0.717) is 12.0 Å². The zero-order valence-electron chi connectivity index (χ0n) is 13.3. The number of aromatic nitrogens is 2. The number of anilines is 2. The first-order valence-electron chi connectivity index (χ1n) is 7.11. The first-order valence-corrected chi connectivity index (χ1v) is 7.11. The molecule has 0 aliphatic heterocycles. The van der Waals surface area contributed by atoms with Crippen LogP contribution in [0.1, 0.15) is 53.8 Å². The normalized spacial score (nSPS) is 13.5. The van der Waals surface area contributed by atoms with Crippen molar-refractivity contribution in [3.05, 3.63) is 11.9 Å². The lowest BCUT2D eigenvalue weighted by Crippen LogP contribution is -2.26. The zero-order chi connectivity index (χ0) is 14.6. The van der Waals surface area contributed by atoms with Crippen molar-refractivity contribution in [3.8, 4) is 0 Å². The second-order valence-electron chi connectivity index (χ2n) is 6.37. The van der Waals surface area contributed by atoms with E-state index in [2.05, 4.69) is 62.1 Å². The lowest BCUT2D eigenvalue weighted by Gasteiger charge is -2.24. The van der Waals surface area contributed by atoms with E-state index < -0.39 is 0 Å². The van der Waals surface area contributed by atoms with Crippen LogP contribution in [0.2, 0.25) is 0 Å². The molecule has 2 N–H and O–H groups in total. The molecule has 4 nitrogen and oxygen atoms in total. The fraction of sp³-hybridized carbons (Fsp3) is 0.733. The Hall–Kier alpha value is -1.32. The topological polar surface area (TPSA) is 49.8 Å². The van der Waals surface area contributed by atoms with Gasteiger partial charge in [0, 0.05) is 24.6 Å². The molecule has 1 atom stereocenters. The highest BCUT2D eigenvalue weighted by molar-refractivity contribution is 5.48. The Kier molecular flexibility index (Phi) is 5.15. The number of hydrogen-bond acceptors (Lipinski definition) is 4. The van der Waals surface area contributed by atoms with Crippen LogP contribution in [0.3, 0.4) is 0 Å². The SMILES string of the molecule is CCC(Nc1cc(NC)nc(C(C)(C)C)n1)C(C)C. The first-order chi connectivity index (χ1) is 8.77. The monoisotopic (exact) mass is 264 g/mol. The van der Waals surface area contributed by atoms with Crippen molar-refractivity contribution in [3.63, 3.8) is 0 Å². The Morgan fingerprint density at radius 1 is 1.16 bits per heavy atom. The molecule has 0 aromatic carbocycles. The third kappa shape index (κ3) is 4.37. The van der Waals surface area contributed by atoms with Crippen LogP contribution >= 0.6 is 0 Å². The predicted molar refractivity (Wildman–Crippen MR) is 82.8 cm³/mol. The van der Waals surface area contributed by atoms with Gasteiger partial charge >= 0.3 is 0 Å². The van der Waals surface area contributed by atoms with Gasteiger partial charge in [0.05, 0.1) is 0 Å². The van der Waals surface area contributed by atoms with Crippen molar-refractivity contribution in [1.82, 2.24) is 9.97 Å². The van der Waals surface area contributed by atoms with E-state index in [1.54, 1.807) is 0 Å². The van der Waals surface area contributed by atoms with Gasteiger partial charge in [0.1, 0.15) is 17.5 Å². The highest BCUT2D eigenvalue weighted by Gasteiger charge is 2.20. The second kappa shape index (κ2) is 6.22. The molecule has 1 aromatic heterocycles. The molecule has 0 saturated heterocycles. The van der Waals surface area contributed by atoms with E-state index in [0.717, 1.165) is 23.9 Å². The summed E-state index contributed by atoms with van der Waals surface area (Å²) >= 11 is 0. The highest BCUT2D eigenvalue weighted by atomic mass is 15.1. The van der Waals surface area contributed by atoms with Crippen LogP contribution in [0.25, 0.3) is 0 Å². The van der Waals surface area contributed by atoms with Gasteiger partial charge in [-0.15, -0.1) is 0 Å². The molecule has 0 radical (unpaired) electrons. The molecule has 108 valence electrons. The Bertz CT molecular complexity index is 407. The van der Waals surface area contributed by atoms with E-state index in [1.165, 1.54) is 0 Å². The minimum Gasteiger partial charge on any atom is -0.373 e. The molecule has 0 aliphatic rings. The fourth-order valence-corrected chi connectivity index (χ4v) is 1.91. The summed E-state index contributed by atoms with van der Waals surface area (Å²) in [6.45, 7) is 13.0.